The number of amides is 2. The summed E-state index contributed by atoms with van der Waals surface area (Å²) in [7, 11) is 0. The lowest BCUT2D eigenvalue weighted by Gasteiger charge is -2.33. The Hall–Kier alpha value is -2.27. The molecule has 0 saturated carbocycles. The number of benzene rings is 2. The summed E-state index contributed by atoms with van der Waals surface area (Å²) in [6, 6.07) is 18.0. The van der Waals surface area contributed by atoms with Crippen molar-refractivity contribution in [1.29, 1.82) is 0 Å². The lowest BCUT2D eigenvalue weighted by Crippen LogP contribution is -2.53. The molecule has 1 N–H and O–H groups in total. The number of carbonyl (C=O) groups is 2. The second-order valence-corrected chi connectivity index (χ2v) is 10.1. The molecule has 0 saturated heterocycles. The van der Waals surface area contributed by atoms with Crippen molar-refractivity contribution in [2.45, 2.75) is 71.3 Å². The third-order valence-corrected chi connectivity index (χ3v) is 5.96. The third-order valence-electron chi connectivity index (χ3n) is 4.93. The molecule has 0 radical (unpaired) electrons. The fraction of sp³-hybridized carbons (Fsp3) is 0.462. The van der Waals surface area contributed by atoms with Gasteiger partial charge in [0.1, 0.15) is 6.04 Å². The third kappa shape index (κ3) is 8.78. The van der Waals surface area contributed by atoms with E-state index in [1.807, 2.05) is 77.1 Å². The van der Waals surface area contributed by atoms with Crippen LogP contribution in [0.15, 0.2) is 54.6 Å². The molecule has 4 nitrogen and oxygen atoms in total. The highest BCUT2D eigenvalue weighted by atomic mass is 32.2. The van der Waals surface area contributed by atoms with Crippen LogP contribution in [-0.4, -0.2) is 34.0 Å². The van der Waals surface area contributed by atoms with Crippen LogP contribution in [0.5, 0.6) is 0 Å². The monoisotopic (exact) mass is 440 g/mol. The second kappa shape index (κ2) is 11.9. The van der Waals surface area contributed by atoms with Gasteiger partial charge in [0.25, 0.3) is 0 Å². The van der Waals surface area contributed by atoms with E-state index in [1.54, 1.807) is 16.7 Å². The minimum atomic E-state index is -0.479. The number of hydrogen-bond donors (Lipinski definition) is 1. The zero-order chi connectivity index (χ0) is 22.9. The van der Waals surface area contributed by atoms with Gasteiger partial charge in [0.15, 0.2) is 0 Å². The second-order valence-electron chi connectivity index (χ2n) is 8.96. The van der Waals surface area contributed by atoms with Gasteiger partial charge in [-0.2, -0.15) is 11.8 Å². The van der Waals surface area contributed by atoms with E-state index in [1.165, 1.54) is 11.1 Å². The van der Waals surface area contributed by atoms with Gasteiger partial charge in [-0.25, -0.2) is 0 Å². The van der Waals surface area contributed by atoms with Gasteiger partial charge >= 0.3 is 0 Å². The minimum absolute atomic E-state index is 0.0250. The molecule has 0 aliphatic carbocycles. The molecule has 5 heteroatoms. The number of thioether (sulfide) groups is 1. The number of nitrogens with one attached hydrogen (secondary N) is 1. The molecule has 2 amide bonds. The maximum Gasteiger partial charge on any atom is 0.243 e. The number of carbonyl (C=O) groups excluding carboxylic acids is 2. The number of rotatable bonds is 10. The first-order chi connectivity index (χ1) is 14.7. The molecule has 2 rings (SSSR count). The predicted molar refractivity (Wildman–Crippen MR) is 131 cm³/mol. The molecule has 1 atom stereocenters. The summed E-state index contributed by atoms with van der Waals surface area (Å²) < 4.78 is 0. The fourth-order valence-corrected chi connectivity index (χ4v) is 4.22. The van der Waals surface area contributed by atoms with E-state index >= 15 is 0 Å². The molecule has 2 aromatic carbocycles. The Morgan fingerprint density at radius 2 is 1.65 bits per heavy atom. The number of aryl methyl sites for hydroxylation is 1. The molecule has 0 spiro atoms. The molecule has 0 fully saturated rings. The SMILES string of the molecule is CC[C@@H](C(=O)NC(C)(C)C)N(Cc1ccc(C)cc1)C(=O)CCSCc1ccccc1. The van der Waals surface area contributed by atoms with Crippen molar-refractivity contribution in [3.8, 4) is 0 Å². The smallest absolute Gasteiger partial charge is 0.243 e. The highest BCUT2D eigenvalue weighted by molar-refractivity contribution is 7.98. The van der Waals surface area contributed by atoms with Crippen LogP contribution in [0.1, 0.15) is 57.2 Å². The Morgan fingerprint density at radius 3 is 2.23 bits per heavy atom. The van der Waals surface area contributed by atoms with E-state index in [-0.39, 0.29) is 17.4 Å². The highest BCUT2D eigenvalue weighted by Crippen LogP contribution is 2.18. The topological polar surface area (TPSA) is 49.4 Å². The molecule has 0 heterocycles. The van der Waals surface area contributed by atoms with E-state index in [0.717, 1.165) is 17.1 Å². The summed E-state index contributed by atoms with van der Waals surface area (Å²) in [6.45, 7) is 10.3. The Labute approximate surface area is 191 Å². The molecule has 0 unspecified atom stereocenters. The molecular weight excluding hydrogens is 404 g/mol. The normalized spacial score (nSPS) is 12.3. The van der Waals surface area contributed by atoms with Crippen molar-refractivity contribution < 1.29 is 9.59 Å². The molecule has 0 aliphatic rings. The van der Waals surface area contributed by atoms with Crippen LogP contribution < -0.4 is 5.32 Å². The molecule has 168 valence electrons. The average molecular weight is 441 g/mol. The van der Waals surface area contributed by atoms with Gasteiger partial charge in [-0.3, -0.25) is 9.59 Å². The van der Waals surface area contributed by atoms with Crippen molar-refractivity contribution in [1.82, 2.24) is 10.2 Å². The van der Waals surface area contributed by atoms with Crippen molar-refractivity contribution in [3.63, 3.8) is 0 Å². The van der Waals surface area contributed by atoms with E-state index in [0.29, 0.717) is 19.4 Å². The van der Waals surface area contributed by atoms with E-state index in [4.69, 9.17) is 0 Å². The van der Waals surface area contributed by atoms with Crippen molar-refractivity contribution in [3.05, 3.63) is 71.3 Å². The summed E-state index contributed by atoms with van der Waals surface area (Å²) in [4.78, 5) is 28.0. The largest absolute Gasteiger partial charge is 0.350 e. The van der Waals surface area contributed by atoms with Gasteiger partial charge in [-0.15, -0.1) is 0 Å². The van der Waals surface area contributed by atoms with Crippen molar-refractivity contribution in [2.75, 3.05) is 5.75 Å². The van der Waals surface area contributed by atoms with Crippen LogP contribution in [0.25, 0.3) is 0 Å². The summed E-state index contributed by atoms with van der Waals surface area (Å²) in [5, 5.41) is 3.05. The van der Waals surface area contributed by atoms with Gasteiger partial charge in [0.05, 0.1) is 0 Å². The zero-order valence-corrected chi connectivity index (χ0v) is 20.3. The van der Waals surface area contributed by atoms with Gasteiger partial charge in [0.2, 0.25) is 11.8 Å². The lowest BCUT2D eigenvalue weighted by molar-refractivity contribution is -0.141. The fourth-order valence-electron chi connectivity index (χ4n) is 3.33. The first-order valence-corrected chi connectivity index (χ1v) is 12.1. The Morgan fingerprint density at radius 1 is 1.00 bits per heavy atom. The molecule has 2 aromatic rings. The minimum Gasteiger partial charge on any atom is -0.350 e. The zero-order valence-electron chi connectivity index (χ0n) is 19.5. The first kappa shape index (κ1) is 25.0. The first-order valence-electron chi connectivity index (χ1n) is 11.0. The van der Waals surface area contributed by atoms with Crippen LogP contribution in [-0.2, 0) is 21.9 Å². The van der Waals surface area contributed by atoms with Gasteiger partial charge in [-0.05, 0) is 45.2 Å². The molecule has 0 aromatic heterocycles. The Balaban J connectivity index is 2.08. The van der Waals surface area contributed by atoms with Crippen molar-refractivity contribution >= 4 is 23.6 Å². The molecule has 31 heavy (non-hydrogen) atoms. The number of nitrogens with zero attached hydrogens (tertiary/aromatic N) is 1. The predicted octanol–water partition coefficient (Wildman–Crippen LogP) is 5.34. The van der Waals surface area contributed by atoms with Crippen LogP contribution in [0.2, 0.25) is 0 Å². The van der Waals surface area contributed by atoms with E-state index in [9.17, 15) is 9.59 Å². The van der Waals surface area contributed by atoms with Gasteiger partial charge in [0, 0.05) is 30.0 Å². The van der Waals surface area contributed by atoms with Crippen LogP contribution in [0.3, 0.4) is 0 Å². The quantitative estimate of drug-likeness (QED) is 0.507. The van der Waals surface area contributed by atoms with Crippen LogP contribution >= 0.6 is 11.8 Å². The van der Waals surface area contributed by atoms with Crippen LogP contribution in [0.4, 0.5) is 0 Å². The number of hydrogen-bond acceptors (Lipinski definition) is 3. The summed E-state index contributed by atoms with van der Waals surface area (Å²) in [6.07, 6.45) is 0.999. The van der Waals surface area contributed by atoms with E-state index < -0.39 is 6.04 Å². The maximum atomic E-state index is 13.2. The Bertz CT molecular complexity index is 829. The van der Waals surface area contributed by atoms with E-state index in [2.05, 4.69) is 17.4 Å². The Kier molecular flexibility index (Phi) is 9.63. The van der Waals surface area contributed by atoms with Crippen molar-refractivity contribution in [2.24, 2.45) is 0 Å². The lowest BCUT2D eigenvalue weighted by atomic mass is 10.0. The summed E-state index contributed by atoms with van der Waals surface area (Å²) in [5.41, 5.74) is 3.14. The summed E-state index contributed by atoms with van der Waals surface area (Å²) in [5.74, 6) is 1.55. The highest BCUT2D eigenvalue weighted by Gasteiger charge is 2.30. The van der Waals surface area contributed by atoms with Gasteiger partial charge in [-0.1, -0.05) is 67.1 Å². The molecule has 0 aliphatic heterocycles. The summed E-state index contributed by atoms with van der Waals surface area (Å²) >= 11 is 1.75. The molecular formula is C26H36N2O2S. The maximum absolute atomic E-state index is 13.2. The average Bonchev–Trinajstić information content (AvgIpc) is 2.72. The van der Waals surface area contributed by atoms with Crippen LogP contribution in [0, 0.1) is 6.92 Å². The van der Waals surface area contributed by atoms with Gasteiger partial charge < -0.3 is 10.2 Å². The molecule has 0 bridgehead atoms. The standard InChI is InChI=1S/C26H36N2O2S/c1-6-23(25(30)27-26(3,4)5)28(18-21-14-12-20(2)13-15-21)24(29)16-17-31-19-22-10-8-7-9-11-22/h7-15,23H,6,16-19H2,1-5H3,(H,27,30)/t23-/m0/s1.